The Morgan fingerprint density at radius 3 is 2.44 bits per heavy atom. The van der Waals surface area contributed by atoms with Crippen LogP contribution in [0.15, 0.2) is 30.3 Å². The molecule has 0 aliphatic carbocycles. The highest BCUT2D eigenvalue weighted by Gasteiger charge is 2.15. The van der Waals surface area contributed by atoms with E-state index in [2.05, 4.69) is 10.6 Å². The molecule has 1 aliphatic heterocycles. The second-order valence-electron chi connectivity index (χ2n) is 5.76. The van der Waals surface area contributed by atoms with Gasteiger partial charge in [0.15, 0.2) is 11.5 Å². The Kier molecular flexibility index (Phi) is 4.97. The van der Waals surface area contributed by atoms with E-state index in [0.29, 0.717) is 29.4 Å². The molecule has 0 fully saturated rings. The minimum Gasteiger partial charge on any atom is -0.493 e. The van der Waals surface area contributed by atoms with Crippen LogP contribution in [0.25, 0.3) is 0 Å². The Morgan fingerprint density at radius 2 is 1.80 bits per heavy atom. The topological polar surface area (TPSA) is 68.8 Å². The molecule has 0 spiro atoms. The highest BCUT2D eigenvalue weighted by Crippen LogP contribution is 2.38. The van der Waals surface area contributed by atoms with Crippen LogP contribution in [0.2, 0.25) is 0 Å². The molecular weight excluding hydrogens is 320 g/mol. The molecule has 1 amide bonds. The van der Waals surface area contributed by atoms with E-state index < -0.39 is 0 Å². The van der Waals surface area contributed by atoms with Crippen LogP contribution in [0.1, 0.15) is 21.5 Å². The van der Waals surface area contributed by atoms with E-state index >= 15 is 0 Å². The van der Waals surface area contributed by atoms with Gasteiger partial charge >= 0.3 is 0 Å². The number of rotatable bonds is 6. The van der Waals surface area contributed by atoms with Gasteiger partial charge in [0.2, 0.25) is 5.75 Å². The number of amides is 1. The molecule has 6 nitrogen and oxygen atoms in total. The summed E-state index contributed by atoms with van der Waals surface area (Å²) in [6.07, 6.45) is 0.948. The number of fused-ring (bicyclic) bond motifs is 1. The molecule has 132 valence electrons. The number of carbonyl (C=O) groups excluding carboxylic acids is 1. The fourth-order valence-corrected chi connectivity index (χ4v) is 2.97. The van der Waals surface area contributed by atoms with Crippen molar-refractivity contribution in [1.82, 2.24) is 5.32 Å². The standard InChI is InChI=1S/C19H22N2O4/c1-23-16-8-12(9-17(24-2)18(16)25-3)11-21-19(22)14-4-5-15-13(10-14)6-7-20-15/h4-5,8-10,20H,6-7,11H2,1-3H3,(H,21,22). The number of nitrogens with one attached hydrogen (secondary N) is 2. The molecule has 0 saturated heterocycles. The molecule has 0 saturated carbocycles. The lowest BCUT2D eigenvalue weighted by atomic mass is 10.1. The molecular formula is C19H22N2O4. The summed E-state index contributed by atoms with van der Waals surface area (Å²) in [6, 6.07) is 9.39. The monoisotopic (exact) mass is 342 g/mol. The summed E-state index contributed by atoms with van der Waals surface area (Å²) in [5.41, 5.74) is 3.82. The predicted molar refractivity (Wildman–Crippen MR) is 95.9 cm³/mol. The summed E-state index contributed by atoms with van der Waals surface area (Å²) >= 11 is 0. The van der Waals surface area contributed by atoms with Gasteiger partial charge in [-0.25, -0.2) is 0 Å². The summed E-state index contributed by atoms with van der Waals surface area (Å²) in [4.78, 5) is 12.4. The molecule has 2 aromatic carbocycles. The second kappa shape index (κ2) is 7.34. The average Bonchev–Trinajstić information content (AvgIpc) is 3.12. The summed E-state index contributed by atoms with van der Waals surface area (Å²) in [5, 5.41) is 6.22. The number of hydrogen-bond donors (Lipinski definition) is 2. The Hall–Kier alpha value is -2.89. The van der Waals surface area contributed by atoms with Crippen LogP contribution in [0.4, 0.5) is 5.69 Å². The summed E-state index contributed by atoms with van der Waals surface area (Å²) < 4.78 is 16.0. The molecule has 1 heterocycles. The van der Waals surface area contributed by atoms with Gasteiger partial charge in [-0.3, -0.25) is 4.79 Å². The van der Waals surface area contributed by atoms with Crippen molar-refractivity contribution in [2.24, 2.45) is 0 Å². The van der Waals surface area contributed by atoms with E-state index in [-0.39, 0.29) is 5.91 Å². The number of hydrogen-bond acceptors (Lipinski definition) is 5. The quantitative estimate of drug-likeness (QED) is 0.845. The van der Waals surface area contributed by atoms with Crippen LogP contribution < -0.4 is 24.8 Å². The Balaban J connectivity index is 1.73. The second-order valence-corrected chi connectivity index (χ2v) is 5.76. The highest BCUT2D eigenvalue weighted by molar-refractivity contribution is 5.95. The molecule has 0 atom stereocenters. The first-order valence-corrected chi connectivity index (χ1v) is 8.10. The zero-order valence-electron chi connectivity index (χ0n) is 14.6. The van der Waals surface area contributed by atoms with Crippen LogP contribution in [-0.2, 0) is 13.0 Å². The van der Waals surface area contributed by atoms with E-state index in [9.17, 15) is 4.79 Å². The Labute approximate surface area is 147 Å². The zero-order valence-corrected chi connectivity index (χ0v) is 14.6. The molecule has 0 aromatic heterocycles. The lowest BCUT2D eigenvalue weighted by molar-refractivity contribution is 0.0950. The van der Waals surface area contributed by atoms with Crippen LogP contribution in [0.3, 0.4) is 0 Å². The third-order valence-corrected chi connectivity index (χ3v) is 4.25. The van der Waals surface area contributed by atoms with E-state index in [1.807, 2.05) is 30.3 Å². The van der Waals surface area contributed by atoms with Crippen molar-refractivity contribution >= 4 is 11.6 Å². The SMILES string of the molecule is COc1cc(CNC(=O)c2ccc3c(c2)CCN3)cc(OC)c1OC. The van der Waals surface area contributed by atoms with E-state index in [4.69, 9.17) is 14.2 Å². The number of carbonyl (C=O) groups is 1. The molecule has 3 rings (SSSR count). The number of ether oxygens (including phenoxy) is 3. The minimum absolute atomic E-state index is 0.108. The maximum Gasteiger partial charge on any atom is 0.251 e. The lowest BCUT2D eigenvalue weighted by Gasteiger charge is -2.14. The van der Waals surface area contributed by atoms with Gasteiger partial charge in [-0.15, -0.1) is 0 Å². The number of anilines is 1. The molecule has 0 unspecified atom stereocenters. The van der Waals surface area contributed by atoms with E-state index in [0.717, 1.165) is 24.2 Å². The van der Waals surface area contributed by atoms with Crippen molar-refractivity contribution in [3.8, 4) is 17.2 Å². The highest BCUT2D eigenvalue weighted by atomic mass is 16.5. The van der Waals surface area contributed by atoms with Crippen molar-refractivity contribution in [3.05, 3.63) is 47.0 Å². The van der Waals surface area contributed by atoms with Gasteiger partial charge in [0.1, 0.15) is 0 Å². The van der Waals surface area contributed by atoms with Gasteiger partial charge < -0.3 is 24.8 Å². The van der Waals surface area contributed by atoms with Crippen molar-refractivity contribution in [1.29, 1.82) is 0 Å². The van der Waals surface area contributed by atoms with Crippen molar-refractivity contribution < 1.29 is 19.0 Å². The normalized spacial score (nSPS) is 12.1. The zero-order chi connectivity index (χ0) is 17.8. The Morgan fingerprint density at radius 1 is 1.08 bits per heavy atom. The summed E-state index contributed by atoms with van der Waals surface area (Å²) in [5.74, 6) is 1.55. The van der Waals surface area contributed by atoms with Crippen LogP contribution in [-0.4, -0.2) is 33.8 Å². The molecule has 2 aromatic rings. The van der Waals surface area contributed by atoms with Crippen molar-refractivity contribution in [3.63, 3.8) is 0 Å². The molecule has 0 radical (unpaired) electrons. The summed E-state index contributed by atoms with van der Waals surface area (Å²) in [7, 11) is 4.70. The first-order chi connectivity index (χ1) is 12.2. The Bertz CT molecular complexity index is 764. The largest absolute Gasteiger partial charge is 0.493 e. The first-order valence-electron chi connectivity index (χ1n) is 8.10. The smallest absolute Gasteiger partial charge is 0.251 e. The van der Waals surface area contributed by atoms with Gasteiger partial charge in [0, 0.05) is 24.3 Å². The molecule has 0 bridgehead atoms. The van der Waals surface area contributed by atoms with Gasteiger partial charge in [-0.05, 0) is 47.9 Å². The van der Waals surface area contributed by atoms with Crippen LogP contribution in [0.5, 0.6) is 17.2 Å². The van der Waals surface area contributed by atoms with Crippen LogP contribution in [0, 0.1) is 0 Å². The number of benzene rings is 2. The fourth-order valence-electron chi connectivity index (χ4n) is 2.97. The first kappa shape index (κ1) is 17.0. The molecule has 6 heteroatoms. The number of methoxy groups -OCH3 is 3. The maximum atomic E-state index is 12.4. The third kappa shape index (κ3) is 3.47. The van der Waals surface area contributed by atoms with Gasteiger partial charge in [-0.1, -0.05) is 0 Å². The maximum absolute atomic E-state index is 12.4. The molecule has 25 heavy (non-hydrogen) atoms. The average molecular weight is 342 g/mol. The van der Waals surface area contributed by atoms with E-state index in [1.54, 1.807) is 21.3 Å². The van der Waals surface area contributed by atoms with Crippen molar-refractivity contribution in [2.75, 3.05) is 33.2 Å². The third-order valence-electron chi connectivity index (χ3n) is 4.25. The lowest BCUT2D eigenvalue weighted by Crippen LogP contribution is -2.23. The van der Waals surface area contributed by atoms with Gasteiger partial charge in [0.25, 0.3) is 5.91 Å². The predicted octanol–water partition coefficient (Wildman–Crippen LogP) is 2.61. The summed E-state index contributed by atoms with van der Waals surface area (Å²) in [6.45, 7) is 1.29. The van der Waals surface area contributed by atoms with Crippen LogP contribution >= 0.6 is 0 Å². The fraction of sp³-hybridized carbons (Fsp3) is 0.316. The van der Waals surface area contributed by atoms with E-state index in [1.165, 1.54) is 5.56 Å². The molecule has 2 N–H and O–H groups in total. The van der Waals surface area contributed by atoms with Gasteiger partial charge in [0.05, 0.1) is 21.3 Å². The van der Waals surface area contributed by atoms with Gasteiger partial charge in [-0.2, -0.15) is 0 Å². The van der Waals surface area contributed by atoms with Crippen molar-refractivity contribution in [2.45, 2.75) is 13.0 Å². The minimum atomic E-state index is -0.108. The molecule has 1 aliphatic rings.